The molecule has 0 aliphatic carbocycles. The fraction of sp³-hybridized carbons (Fsp3) is 0.233. The van der Waals surface area contributed by atoms with Gasteiger partial charge in [-0.05, 0) is 67.3 Å². The van der Waals surface area contributed by atoms with E-state index in [0.29, 0.717) is 44.2 Å². The van der Waals surface area contributed by atoms with Crippen molar-refractivity contribution in [3.8, 4) is 22.6 Å². The second kappa shape index (κ2) is 12.7. The fourth-order valence-electron chi connectivity index (χ4n) is 4.87. The zero-order valence-corrected chi connectivity index (χ0v) is 24.4. The van der Waals surface area contributed by atoms with Crippen LogP contribution in [0.2, 0.25) is 15.1 Å². The molecule has 0 amide bonds. The van der Waals surface area contributed by atoms with Crippen molar-refractivity contribution in [1.82, 2.24) is 25.1 Å². The average molecular weight is 625 g/mol. The molecule has 42 heavy (non-hydrogen) atoms. The molecule has 0 saturated carbocycles. The summed E-state index contributed by atoms with van der Waals surface area (Å²) in [6, 6.07) is 15.9. The molecule has 4 heterocycles. The van der Waals surface area contributed by atoms with E-state index in [1.54, 1.807) is 71.7 Å². The van der Waals surface area contributed by atoms with Crippen LogP contribution in [0.1, 0.15) is 46.6 Å². The number of ketones is 1. The quantitative estimate of drug-likeness (QED) is 0.158. The molecule has 1 saturated heterocycles. The van der Waals surface area contributed by atoms with Crippen LogP contribution >= 0.6 is 34.8 Å². The summed E-state index contributed by atoms with van der Waals surface area (Å²) in [5.41, 5.74) is 3.06. The van der Waals surface area contributed by atoms with Crippen molar-refractivity contribution in [3.63, 3.8) is 0 Å². The zero-order valence-electron chi connectivity index (χ0n) is 22.2. The maximum atomic E-state index is 14.4. The first-order valence-corrected chi connectivity index (χ1v) is 14.4. The highest BCUT2D eigenvalue weighted by Crippen LogP contribution is 2.35. The number of ether oxygens (including phenoxy) is 2. The van der Waals surface area contributed by atoms with E-state index in [-0.39, 0.29) is 36.5 Å². The number of rotatable bonds is 9. The van der Waals surface area contributed by atoms with Crippen LogP contribution < -0.4 is 0 Å². The van der Waals surface area contributed by atoms with E-state index in [1.807, 2.05) is 0 Å². The molecule has 6 rings (SSSR count). The van der Waals surface area contributed by atoms with Gasteiger partial charge in [-0.2, -0.15) is 0 Å². The van der Waals surface area contributed by atoms with E-state index in [0.717, 1.165) is 24.8 Å². The van der Waals surface area contributed by atoms with Crippen LogP contribution in [-0.4, -0.2) is 43.8 Å². The van der Waals surface area contributed by atoms with Gasteiger partial charge in [-0.15, -0.1) is 5.10 Å². The summed E-state index contributed by atoms with van der Waals surface area (Å²) in [4.78, 5) is 18.6. The smallest absolute Gasteiger partial charge is 0.221 e. The predicted octanol–water partition coefficient (Wildman–Crippen LogP) is 7.28. The van der Waals surface area contributed by atoms with Crippen molar-refractivity contribution >= 4 is 40.6 Å². The minimum atomic E-state index is -0.448. The number of carbonyl (C=O) groups is 1. The summed E-state index contributed by atoms with van der Waals surface area (Å²) in [7, 11) is 0. The Morgan fingerprint density at radius 3 is 2.55 bits per heavy atom. The van der Waals surface area contributed by atoms with Crippen molar-refractivity contribution in [3.05, 3.63) is 105 Å². The van der Waals surface area contributed by atoms with Gasteiger partial charge in [-0.3, -0.25) is 9.78 Å². The van der Waals surface area contributed by atoms with E-state index in [4.69, 9.17) is 48.8 Å². The van der Waals surface area contributed by atoms with Crippen LogP contribution in [0.3, 0.4) is 0 Å². The molecule has 9 nitrogen and oxygen atoms in total. The highest BCUT2D eigenvalue weighted by molar-refractivity contribution is 6.34. The molecule has 5 aromatic rings. The second-order valence-corrected chi connectivity index (χ2v) is 11.0. The van der Waals surface area contributed by atoms with E-state index in [1.165, 1.54) is 0 Å². The zero-order chi connectivity index (χ0) is 29.1. The lowest BCUT2D eigenvalue weighted by molar-refractivity contribution is -0.169. The second-order valence-electron chi connectivity index (χ2n) is 9.71. The first kappa shape index (κ1) is 28.5. The Labute approximate surface area is 256 Å². The standard InChI is InChI=1S/C30H24Cl3N5O4/c31-20-13-18(14-21(32)15-20)16-38-28(19-8-10-34-11-9-19)27(35-37-38)29(39)26-24(17-41-25-7-3-4-12-40-25)36-42-30(26)22-5-1-2-6-23(22)33/h1-2,5-6,8-11,13-15,25H,3-4,7,12,16-17H2. The number of hydrogen-bond acceptors (Lipinski definition) is 8. The van der Waals surface area contributed by atoms with Gasteiger partial charge >= 0.3 is 0 Å². The molecule has 2 aromatic carbocycles. The molecule has 1 aliphatic heterocycles. The molecule has 1 aliphatic rings. The van der Waals surface area contributed by atoms with Crippen molar-refractivity contribution < 1.29 is 18.8 Å². The highest BCUT2D eigenvalue weighted by Gasteiger charge is 2.32. The Morgan fingerprint density at radius 2 is 1.81 bits per heavy atom. The van der Waals surface area contributed by atoms with Crippen molar-refractivity contribution in [2.75, 3.05) is 6.61 Å². The molecule has 1 atom stereocenters. The van der Waals surface area contributed by atoms with Crippen LogP contribution in [-0.2, 0) is 22.6 Å². The summed E-state index contributed by atoms with van der Waals surface area (Å²) in [5.74, 6) is -0.234. The number of carbonyl (C=O) groups excluding carboxylic acids is 1. The topological polar surface area (TPSA) is 105 Å². The van der Waals surface area contributed by atoms with Crippen LogP contribution in [0.25, 0.3) is 22.6 Å². The Bertz CT molecular complexity index is 1700. The number of nitrogens with zero attached hydrogens (tertiary/aromatic N) is 5. The van der Waals surface area contributed by atoms with Gasteiger partial charge in [0.05, 0.1) is 23.7 Å². The molecule has 0 spiro atoms. The lowest BCUT2D eigenvalue weighted by atomic mass is 9.98. The van der Waals surface area contributed by atoms with Gasteiger partial charge < -0.3 is 14.0 Å². The summed E-state index contributed by atoms with van der Waals surface area (Å²) in [6.07, 6.45) is 5.62. The van der Waals surface area contributed by atoms with Crippen LogP contribution in [0.4, 0.5) is 0 Å². The van der Waals surface area contributed by atoms with Gasteiger partial charge in [0.2, 0.25) is 5.78 Å². The third kappa shape index (κ3) is 6.11. The number of pyridine rings is 1. The molecule has 214 valence electrons. The number of aromatic nitrogens is 5. The van der Waals surface area contributed by atoms with E-state index >= 15 is 0 Å². The minimum absolute atomic E-state index is 0.000562. The summed E-state index contributed by atoms with van der Waals surface area (Å²) in [6.45, 7) is 0.879. The fourth-order valence-corrected chi connectivity index (χ4v) is 5.66. The van der Waals surface area contributed by atoms with Gasteiger partial charge in [-0.25, -0.2) is 4.68 Å². The largest absolute Gasteiger partial charge is 0.355 e. The molecule has 1 fully saturated rings. The van der Waals surface area contributed by atoms with Gasteiger partial charge in [0, 0.05) is 40.2 Å². The van der Waals surface area contributed by atoms with Crippen LogP contribution in [0.15, 0.2) is 71.5 Å². The minimum Gasteiger partial charge on any atom is -0.355 e. The van der Waals surface area contributed by atoms with E-state index in [9.17, 15) is 4.79 Å². The first-order chi connectivity index (χ1) is 20.5. The molecular weight excluding hydrogens is 601 g/mol. The Balaban J connectivity index is 1.44. The Kier molecular flexibility index (Phi) is 8.64. The first-order valence-electron chi connectivity index (χ1n) is 13.3. The Hall–Kier alpha value is -3.60. The molecule has 0 N–H and O–H groups in total. The SMILES string of the molecule is O=C(c1nnn(Cc2cc(Cl)cc(Cl)c2)c1-c1ccncc1)c1c(COC2CCCCO2)noc1-c1ccccc1Cl. The van der Waals surface area contributed by atoms with Crippen molar-refractivity contribution in [2.24, 2.45) is 0 Å². The Morgan fingerprint density at radius 1 is 1.02 bits per heavy atom. The number of benzene rings is 2. The maximum absolute atomic E-state index is 14.4. The summed E-state index contributed by atoms with van der Waals surface area (Å²) < 4.78 is 19.1. The van der Waals surface area contributed by atoms with Crippen LogP contribution in [0, 0.1) is 0 Å². The molecular formula is C30H24Cl3N5O4. The van der Waals surface area contributed by atoms with Crippen molar-refractivity contribution in [2.45, 2.75) is 38.7 Å². The molecule has 0 radical (unpaired) electrons. The van der Waals surface area contributed by atoms with Gasteiger partial charge in [0.25, 0.3) is 0 Å². The van der Waals surface area contributed by atoms with E-state index in [2.05, 4.69) is 20.5 Å². The predicted molar refractivity (Wildman–Crippen MR) is 158 cm³/mol. The van der Waals surface area contributed by atoms with Crippen LogP contribution in [0.5, 0.6) is 0 Å². The normalized spacial score (nSPS) is 15.2. The van der Waals surface area contributed by atoms with Gasteiger partial charge in [0.15, 0.2) is 17.7 Å². The van der Waals surface area contributed by atoms with Gasteiger partial charge in [0.1, 0.15) is 11.4 Å². The lowest BCUT2D eigenvalue weighted by Crippen LogP contribution is -2.22. The average Bonchev–Trinajstić information content (AvgIpc) is 3.61. The maximum Gasteiger partial charge on any atom is 0.221 e. The molecule has 1 unspecified atom stereocenters. The lowest BCUT2D eigenvalue weighted by Gasteiger charge is -2.22. The third-order valence-corrected chi connectivity index (χ3v) is 7.58. The van der Waals surface area contributed by atoms with Crippen molar-refractivity contribution in [1.29, 1.82) is 0 Å². The number of halogens is 3. The molecule has 3 aromatic heterocycles. The number of hydrogen-bond donors (Lipinski definition) is 0. The van der Waals surface area contributed by atoms with E-state index < -0.39 is 5.78 Å². The molecule has 0 bridgehead atoms. The highest BCUT2D eigenvalue weighted by atomic mass is 35.5. The summed E-state index contributed by atoms with van der Waals surface area (Å²) in [5, 5.41) is 14.3. The van der Waals surface area contributed by atoms with Gasteiger partial charge in [-0.1, -0.05) is 57.3 Å². The monoisotopic (exact) mass is 623 g/mol. The molecule has 12 heteroatoms. The third-order valence-electron chi connectivity index (χ3n) is 6.81. The summed E-state index contributed by atoms with van der Waals surface area (Å²) >= 11 is 19.0.